The van der Waals surface area contributed by atoms with Crippen LogP contribution in [-0.2, 0) is 14.4 Å². The molecule has 3 aromatic carbocycles. The van der Waals surface area contributed by atoms with E-state index in [0.717, 1.165) is 5.56 Å². The number of aryl methyl sites for hydroxylation is 1. The van der Waals surface area contributed by atoms with Crippen molar-refractivity contribution in [1.82, 2.24) is 5.43 Å². The van der Waals surface area contributed by atoms with Crippen LogP contribution in [0.25, 0.3) is 0 Å². The number of amides is 3. The van der Waals surface area contributed by atoms with Crippen LogP contribution in [0, 0.1) is 6.92 Å². The second-order valence-corrected chi connectivity index (χ2v) is 7.32. The predicted octanol–water partition coefficient (Wildman–Crippen LogP) is 3.75. The lowest BCUT2D eigenvalue weighted by Gasteiger charge is -2.08. The number of benzene rings is 3. The normalized spacial score (nSPS) is 10.5. The molecule has 0 radical (unpaired) electrons. The van der Waals surface area contributed by atoms with Gasteiger partial charge in [0.25, 0.3) is 5.91 Å². The van der Waals surface area contributed by atoms with Crippen molar-refractivity contribution in [3.63, 3.8) is 0 Å². The Hall–Kier alpha value is -4.17. The topological polar surface area (TPSA) is 109 Å². The smallest absolute Gasteiger partial charge is 0.329 e. The van der Waals surface area contributed by atoms with Crippen LogP contribution >= 0.6 is 11.6 Å². The van der Waals surface area contributed by atoms with Gasteiger partial charge in [0.2, 0.25) is 0 Å². The lowest BCUT2D eigenvalue weighted by atomic mass is 10.2. The molecule has 0 aromatic heterocycles. The third-order valence-electron chi connectivity index (χ3n) is 4.34. The molecule has 3 aromatic rings. The van der Waals surface area contributed by atoms with Gasteiger partial charge in [-0.2, -0.15) is 5.10 Å². The number of hydrogen-bond acceptors (Lipinski definition) is 5. The van der Waals surface area contributed by atoms with Crippen molar-refractivity contribution in [3.8, 4) is 5.75 Å². The van der Waals surface area contributed by atoms with E-state index in [1.54, 1.807) is 60.7 Å². The highest BCUT2D eigenvalue weighted by molar-refractivity contribution is 6.39. The summed E-state index contributed by atoms with van der Waals surface area (Å²) in [4.78, 5) is 36.0. The summed E-state index contributed by atoms with van der Waals surface area (Å²) >= 11 is 5.82. The van der Waals surface area contributed by atoms with Crippen LogP contribution in [0.1, 0.15) is 11.1 Å². The molecule has 33 heavy (non-hydrogen) atoms. The Morgan fingerprint density at radius 2 is 1.70 bits per heavy atom. The molecule has 3 rings (SSSR count). The van der Waals surface area contributed by atoms with Gasteiger partial charge in [0.05, 0.1) is 6.21 Å². The molecule has 9 heteroatoms. The molecule has 0 unspecified atom stereocenters. The van der Waals surface area contributed by atoms with Crippen LogP contribution in [0.5, 0.6) is 5.75 Å². The van der Waals surface area contributed by atoms with Gasteiger partial charge in [0, 0.05) is 16.4 Å². The Balaban J connectivity index is 1.48. The van der Waals surface area contributed by atoms with Gasteiger partial charge >= 0.3 is 11.8 Å². The van der Waals surface area contributed by atoms with Crippen LogP contribution in [0.2, 0.25) is 5.02 Å². The Labute approximate surface area is 195 Å². The van der Waals surface area contributed by atoms with E-state index in [4.69, 9.17) is 16.3 Å². The fourth-order valence-electron chi connectivity index (χ4n) is 2.67. The van der Waals surface area contributed by atoms with Crippen molar-refractivity contribution >= 4 is 46.9 Å². The lowest BCUT2D eigenvalue weighted by Crippen LogP contribution is -2.32. The van der Waals surface area contributed by atoms with E-state index >= 15 is 0 Å². The fourth-order valence-corrected chi connectivity index (χ4v) is 2.80. The van der Waals surface area contributed by atoms with Crippen molar-refractivity contribution in [2.24, 2.45) is 5.10 Å². The van der Waals surface area contributed by atoms with Crippen molar-refractivity contribution in [2.75, 3.05) is 17.2 Å². The van der Waals surface area contributed by atoms with Gasteiger partial charge in [-0.05, 0) is 60.5 Å². The fraction of sp³-hybridized carbons (Fsp3) is 0.0833. The lowest BCUT2D eigenvalue weighted by molar-refractivity contribution is -0.136. The third-order valence-corrected chi connectivity index (χ3v) is 4.59. The summed E-state index contributed by atoms with van der Waals surface area (Å²) in [6.07, 6.45) is 1.36. The molecule has 0 spiro atoms. The molecule has 3 amide bonds. The van der Waals surface area contributed by atoms with Crippen LogP contribution < -0.4 is 20.8 Å². The van der Waals surface area contributed by atoms with E-state index < -0.39 is 11.8 Å². The molecule has 0 saturated heterocycles. The van der Waals surface area contributed by atoms with Gasteiger partial charge in [-0.3, -0.25) is 14.4 Å². The SMILES string of the molecule is Cc1ccccc1NC(=O)C(=O)N/N=C\c1cccc(OCC(=O)Nc2ccc(Cl)cc2)c1. The first-order chi connectivity index (χ1) is 15.9. The summed E-state index contributed by atoms with van der Waals surface area (Å²) < 4.78 is 5.50. The van der Waals surface area contributed by atoms with Gasteiger partial charge in [-0.1, -0.05) is 41.9 Å². The largest absolute Gasteiger partial charge is 0.484 e. The summed E-state index contributed by atoms with van der Waals surface area (Å²) in [5, 5.41) is 9.59. The molecule has 0 heterocycles. The zero-order valence-corrected chi connectivity index (χ0v) is 18.4. The van der Waals surface area contributed by atoms with Gasteiger partial charge in [-0.25, -0.2) is 5.43 Å². The molecule has 0 aliphatic rings. The van der Waals surface area contributed by atoms with E-state index in [1.807, 2.05) is 19.1 Å². The highest BCUT2D eigenvalue weighted by Gasteiger charge is 2.13. The second-order valence-electron chi connectivity index (χ2n) is 6.88. The van der Waals surface area contributed by atoms with Crippen LogP contribution in [0.15, 0.2) is 77.9 Å². The van der Waals surface area contributed by atoms with Crippen molar-refractivity contribution in [2.45, 2.75) is 6.92 Å². The highest BCUT2D eigenvalue weighted by Crippen LogP contribution is 2.15. The first-order valence-corrected chi connectivity index (χ1v) is 10.3. The summed E-state index contributed by atoms with van der Waals surface area (Å²) in [5.74, 6) is -1.62. The van der Waals surface area contributed by atoms with Gasteiger partial charge < -0.3 is 15.4 Å². The van der Waals surface area contributed by atoms with Gasteiger partial charge in [0.15, 0.2) is 6.61 Å². The highest BCUT2D eigenvalue weighted by atomic mass is 35.5. The zero-order chi connectivity index (χ0) is 23.6. The molecule has 0 saturated carbocycles. The van der Waals surface area contributed by atoms with E-state index in [-0.39, 0.29) is 12.5 Å². The van der Waals surface area contributed by atoms with Crippen LogP contribution in [-0.4, -0.2) is 30.5 Å². The number of rotatable bonds is 7. The number of nitrogens with one attached hydrogen (secondary N) is 3. The number of carbonyl (C=O) groups is 3. The molecular formula is C24H21ClN4O4. The summed E-state index contributed by atoms with van der Waals surface area (Å²) in [6, 6.07) is 20.6. The van der Waals surface area contributed by atoms with Crippen molar-refractivity contribution in [3.05, 3.63) is 88.9 Å². The summed E-state index contributed by atoms with van der Waals surface area (Å²) in [7, 11) is 0. The minimum absolute atomic E-state index is 0.195. The van der Waals surface area contributed by atoms with Crippen LogP contribution in [0.4, 0.5) is 11.4 Å². The van der Waals surface area contributed by atoms with E-state index in [0.29, 0.717) is 27.7 Å². The third kappa shape index (κ3) is 7.48. The summed E-state index contributed by atoms with van der Waals surface area (Å²) in [6.45, 7) is 1.63. The number of ether oxygens (including phenoxy) is 1. The van der Waals surface area contributed by atoms with E-state index in [9.17, 15) is 14.4 Å². The number of anilines is 2. The van der Waals surface area contributed by atoms with Crippen LogP contribution in [0.3, 0.4) is 0 Å². The average molecular weight is 465 g/mol. The molecule has 0 atom stereocenters. The quantitative estimate of drug-likeness (QED) is 0.281. The Morgan fingerprint density at radius 1 is 0.939 bits per heavy atom. The van der Waals surface area contributed by atoms with Gasteiger partial charge in [-0.15, -0.1) is 0 Å². The van der Waals surface area contributed by atoms with E-state index in [2.05, 4.69) is 21.2 Å². The zero-order valence-electron chi connectivity index (χ0n) is 17.7. The standard InChI is InChI=1S/C24H21ClN4O4/c1-16-5-2-3-8-21(16)28-23(31)24(32)29-26-14-17-6-4-7-20(13-17)33-15-22(30)27-19-11-9-18(25)10-12-19/h2-14H,15H2,1H3,(H,27,30)(H,28,31)(H,29,32)/b26-14-. The second kappa shape index (κ2) is 11.4. The predicted molar refractivity (Wildman–Crippen MR) is 128 cm³/mol. The number of nitrogens with zero attached hydrogens (tertiary/aromatic N) is 1. The number of carbonyl (C=O) groups excluding carboxylic acids is 3. The molecule has 0 bridgehead atoms. The maximum Gasteiger partial charge on any atom is 0.329 e. The average Bonchev–Trinajstić information content (AvgIpc) is 2.81. The maximum atomic E-state index is 12.0. The maximum absolute atomic E-state index is 12.0. The monoisotopic (exact) mass is 464 g/mol. The minimum atomic E-state index is -0.902. The number of halogens is 1. The molecule has 3 N–H and O–H groups in total. The Kier molecular flexibility index (Phi) is 8.15. The van der Waals surface area contributed by atoms with Gasteiger partial charge in [0.1, 0.15) is 5.75 Å². The first kappa shape index (κ1) is 23.5. The molecule has 0 fully saturated rings. The molecule has 168 valence electrons. The van der Waals surface area contributed by atoms with Crippen molar-refractivity contribution in [1.29, 1.82) is 0 Å². The molecule has 0 aliphatic carbocycles. The Bertz CT molecular complexity index is 1180. The first-order valence-electron chi connectivity index (χ1n) is 9.89. The van der Waals surface area contributed by atoms with E-state index in [1.165, 1.54) is 6.21 Å². The summed E-state index contributed by atoms with van der Waals surface area (Å²) in [5.41, 5.74) is 4.77. The number of hydrogen-bond donors (Lipinski definition) is 3. The minimum Gasteiger partial charge on any atom is -0.484 e. The van der Waals surface area contributed by atoms with Crippen molar-refractivity contribution < 1.29 is 19.1 Å². The Morgan fingerprint density at radius 3 is 2.45 bits per heavy atom. The molecule has 0 aliphatic heterocycles. The number of para-hydroxylation sites is 1. The molecule has 8 nitrogen and oxygen atoms in total. The number of hydrazone groups is 1. The molecular weight excluding hydrogens is 444 g/mol.